The van der Waals surface area contributed by atoms with Crippen LogP contribution in [0.15, 0.2) is 0 Å². The molecule has 0 saturated carbocycles. The van der Waals surface area contributed by atoms with E-state index in [1.807, 2.05) is 0 Å². The Morgan fingerprint density at radius 2 is 2.21 bits per heavy atom. The fraction of sp³-hybridized carbons (Fsp3) is 0.667. The van der Waals surface area contributed by atoms with Gasteiger partial charge in [-0.25, -0.2) is 0 Å². The van der Waals surface area contributed by atoms with E-state index in [1.54, 1.807) is 0 Å². The Kier molecular flexibility index (Phi) is 2.02. The summed E-state index contributed by atoms with van der Waals surface area (Å²) in [5.74, 6) is -2.59. The minimum absolute atomic E-state index is 0.292. The molecular weight excluding hydrogens is 186 g/mol. The number of ketones is 1. The van der Waals surface area contributed by atoms with Crippen molar-refractivity contribution in [2.24, 2.45) is 5.92 Å². The topological polar surface area (TPSA) is 63.7 Å². The van der Waals surface area contributed by atoms with Crippen LogP contribution in [0.4, 0.5) is 0 Å². The van der Waals surface area contributed by atoms with Crippen molar-refractivity contribution in [3.05, 3.63) is 0 Å². The van der Waals surface area contributed by atoms with Gasteiger partial charge in [0.05, 0.1) is 13.2 Å². The highest BCUT2D eigenvalue weighted by Gasteiger charge is 2.52. The number of amides is 1. The maximum absolute atomic E-state index is 11.6. The second kappa shape index (κ2) is 3.08. The molecule has 0 N–H and O–H groups in total. The normalized spacial score (nSPS) is 30.8. The summed E-state index contributed by atoms with van der Waals surface area (Å²) < 4.78 is 4.43. The van der Waals surface area contributed by atoms with Gasteiger partial charge in [-0.2, -0.15) is 0 Å². The van der Waals surface area contributed by atoms with Crippen molar-refractivity contribution in [2.75, 3.05) is 13.7 Å². The maximum atomic E-state index is 11.6. The van der Waals surface area contributed by atoms with Crippen molar-refractivity contribution < 1.29 is 19.1 Å². The number of rotatable bonds is 1. The van der Waals surface area contributed by atoms with E-state index in [-0.39, 0.29) is 17.7 Å². The molecule has 0 bridgehead atoms. The van der Waals surface area contributed by atoms with Crippen LogP contribution in [0.3, 0.4) is 0 Å². The van der Waals surface area contributed by atoms with Crippen LogP contribution < -0.4 is 0 Å². The molecule has 0 spiro atoms. The Bertz CT molecular complexity index is 290. The molecule has 5 nitrogen and oxygen atoms in total. The van der Waals surface area contributed by atoms with Crippen molar-refractivity contribution >= 4 is 17.7 Å². The van der Waals surface area contributed by atoms with Gasteiger partial charge in [0.2, 0.25) is 5.91 Å². The molecule has 2 saturated heterocycles. The van der Waals surface area contributed by atoms with E-state index < -0.39 is 11.9 Å². The summed E-state index contributed by atoms with van der Waals surface area (Å²) in [7, 11) is 1.19. The second-order valence-corrected chi connectivity index (χ2v) is 3.55. The number of carbonyl (C=O) groups is 3. The number of Topliss-reactive ketones (excluding diaryl/α,β-unsaturated/α-hetero) is 1. The van der Waals surface area contributed by atoms with Crippen molar-refractivity contribution in [1.82, 2.24) is 4.90 Å². The molecule has 1 amide bonds. The van der Waals surface area contributed by atoms with E-state index in [9.17, 15) is 14.4 Å². The zero-order valence-electron chi connectivity index (χ0n) is 7.86. The van der Waals surface area contributed by atoms with Gasteiger partial charge < -0.3 is 9.64 Å². The standard InChI is InChI=1S/C9H11NO4/c1-14-9(13)6-7(11)5-3-2-4-10(5)8(6)12/h5-6H,2-4H2,1H3. The molecule has 2 unspecified atom stereocenters. The molecular formula is C9H11NO4. The zero-order valence-corrected chi connectivity index (χ0v) is 7.86. The van der Waals surface area contributed by atoms with Crippen LogP contribution >= 0.6 is 0 Å². The molecule has 2 heterocycles. The highest BCUT2D eigenvalue weighted by Crippen LogP contribution is 2.30. The number of esters is 1. The predicted octanol–water partition coefficient (Wildman–Crippen LogP) is -0.651. The predicted molar refractivity (Wildman–Crippen MR) is 45.2 cm³/mol. The average Bonchev–Trinajstić information content (AvgIpc) is 2.72. The largest absolute Gasteiger partial charge is 0.468 e. The van der Waals surface area contributed by atoms with Crippen LogP contribution in [0.1, 0.15) is 12.8 Å². The van der Waals surface area contributed by atoms with Crippen molar-refractivity contribution in [3.8, 4) is 0 Å². The van der Waals surface area contributed by atoms with E-state index in [1.165, 1.54) is 12.0 Å². The lowest BCUT2D eigenvalue weighted by atomic mass is 10.0. The van der Waals surface area contributed by atoms with Crippen LogP contribution in [0.2, 0.25) is 0 Å². The van der Waals surface area contributed by atoms with E-state index in [4.69, 9.17) is 0 Å². The summed E-state index contributed by atoms with van der Waals surface area (Å²) in [5.41, 5.74) is 0. The smallest absolute Gasteiger partial charge is 0.325 e. The lowest BCUT2D eigenvalue weighted by Gasteiger charge is -2.12. The zero-order chi connectivity index (χ0) is 10.3. The summed E-state index contributed by atoms with van der Waals surface area (Å²) in [6, 6.07) is -0.369. The third-order valence-electron chi connectivity index (χ3n) is 2.83. The molecule has 0 aromatic rings. The number of methoxy groups -OCH3 is 1. The molecule has 14 heavy (non-hydrogen) atoms. The first-order valence-electron chi connectivity index (χ1n) is 4.59. The molecule has 2 fully saturated rings. The van der Waals surface area contributed by atoms with Gasteiger partial charge in [-0.1, -0.05) is 0 Å². The second-order valence-electron chi connectivity index (χ2n) is 3.55. The van der Waals surface area contributed by atoms with Gasteiger partial charge >= 0.3 is 5.97 Å². The summed E-state index contributed by atoms with van der Waals surface area (Å²) in [5, 5.41) is 0. The fourth-order valence-corrected chi connectivity index (χ4v) is 2.14. The molecule has 0 radical (unpaired) electrons. The first kappa shape index (κ1) is 9.18. The van der Waals surface area contributed by atoms with Gasteiger partial charge in [0, 0.05) is 6.54 Å². The van der Waals surface area contributed by atoms with Gasteiger partial charge in [0.1, 0.15) is 0 Å². The maximum Gasteiger partial charge on any atom is 0.325 e. The highest BCUT2D eigenvalue weighted by atomic mass is 16.5. The van der Waals surface area contributed by atoms with Crippen molar-refractivity contribution in [1.29, 1.82) is 0 Å². The number of nitrogens with zero attached hydrogens (tertiary/aromatic N) is 1. The molecule has 2 aliphatic heterocycles. The third-order valence-corrected chi connectivity index (χ3v) is 2.83. The number of fused-ring (bicyclic) bond motifs is 1. The number of ether oxygens (including phenoxy) is 1. The minimum atomic E-state index is -1.19. The van der Waals surface area contributed by atoms with Gasteiger partial charge in [0.15, 0.2) is 11.7 Å². The van der Waals surface area contributed by atoms with Crippen LogP contribution in [0, 0.1) is 5.92 Å². The molecule has 76 valence electrons. The van der Waals surface area contributed by atoms with Gasteiger partial charge in [-0.05, 0) is 12.8 Å². The molecule has 0 aliphatic carbocycles. The van der Waals surface area contributed by atoms with Gasteiger partial charge in [-0.3, -0.25) is 14.4 Å². The molecule has 5 heteroatoms. The Morgan fingerprint density at radius 3 is 2.79 bits per heavy atom. The van der Waals surface area contributed by atoms with Crippen LogP contribution in [0.25, 0.3) is 0 Å². The first-order valence-corrected chi connectivity index (χ1v) is 4.59. The van der Waals surface area contributed by atoms with Gasteiger partial charge in [-0.15, -0.1) is 0 Å². The molecule has 2 aliphatic rings. The van der Waals surface area contributed by atoms with E-state index in [0.29, 0.717) is 13.0 Å². The molecule has 2 atom stereocenters. The number of hydrogen-bond acceptors (Lipinski definition) is 4. The summed E-state index contributed by atoms with van der Waals surface area (Å²) in [6.45, 7) is 0.586. The van der Waals surface area contributed by atoms with Crippen LogP contribution in [0.5, 0.6) is 0 Å². The number of hydrogen-bond donors (Lipinski definition) is 0. The summed E-state index contributed by atoms with van der Waals surface area (Å²) in [6.07, 6.45) is 1.52. The third kappa shape index (κ3) is 1.05. The lowest BCUT2D eigenvalue weighted by molar-refractivity contribution is -0.152. The van der Waals surface area contributed by atoms with E-state index in [2.05, 4.69) is 4.74 Å². The molecule has 2 rings (SSSR count). The molecule has 0 aromatic heterocycles. The Morgan fingerprint density at radius 1 is 1.50 bits per heavy atom. The summed E-state index contributed by atoms with van der Waals surface area (Å²) in [4.78, 5) is 35.9. The van der Waals surface area contributed by atoms with Crippen LogP contribution in [-0.2, 0) is 19.1 Å². The number of carbonyl (C=O) groups excluding carboxylic acids is 3. The minimum Gasteiger partial charge on any atom is -0.468 e. The molecule has 0 aromatic carbocycles. The monoisotopic (exact) mass is 197 g/mol. The average molecular weight is 197 g/mol. The van der Waals surface area contributed by atoms with Crippen molar-refractivity contribution in [2.45, 2.75) is 18.9 Å². The lowest BCUT2D eigenvalue weighted by Crippen LogP contribution is -2.31. The Labute approximate surface area is 81.0 Å². The Balaban J connectivity index is 2.26. The quantitative estimate of drug-likeness (QED) is 0.414. The Hall–Kier alpha value is -1.39. The SMILES string of the molecule is COC(=O)C1C(=O)C2CCCN2C1=O. The first-order chi connectivity index (χ1) is 6.66. The van der Waals surface area contributed by atoms with Crippen molar-refractivity contribution in [3.63, 3.8) is 0 Å². The highest BCUT2D eigenvalue weighted by molar-refractivity contribution is 6.22. The fourth-order valence-electron chi connectivity index (χ4n) is 2.14. The van der Waals surface area contributed by atoms with Crippen LogP contribution in [-0.4, -0.2) is 42.3 Å². The van der Waals surface area contributed by atoms with Gasteiger partial charge in [0.25, 0.3) is 0 Å². The summed E-state index contributed by atoms with van der Waals surface area (Å²) >= 11 is 0. The van der Waals surface area contributed by atoms with E-state index >= 15 is 0 Å². The van der Waals surface area contributed by atoms with E-state index in [0.717, 1.165) is 6.42 Å².